The zero-order chi connectivity index (χ0) is 12.9. The number of alkyl halides is 3. The van der Waals surface area contributed by atoms with E-state index in [1.54, 1.807) is 5.32 Å². The number of likely N-dealkylation sites (tertiary alicyclic amines) is 1. The van der Waals surface area contributed by atoms with Crippen molar-refractivity contribution in [1.82, 2.24) is 15.5 Å². The summed E-state index contributed by atoms with van der Waals surface area (Å²) in [5.74, 6) is 0.339. The largest absolute Gasteiger partial charge is 0.405 e. The number of carbonyl (C=O) groups excluding carboxylic acids is 1. The zero-order valence-electron chi connectivity index (χ0n) is 9.81. The summed E-state index contributed by atoms with van der Waals surface area (Å²) < 4.78 is 35.4. The van der Waals surface area contributed by atoms with Crippen LogP contribution in [0.3, 0.4) is 0 Å². The van der Waals surface area contributed by atoms with Crippen LogP contribution in [-0.4, -0.2) is 49.8 Å². The summed E-state index contributed by atoms with van der Waals surface area (Å²) in [6, 6.07) is -0.753. The highest BCUT2D eigenvalue weighted by molar-refractivity contribution is 5.73. The number of hydrogen-bond acceptors (Lipinski definition) is 2. The molecule has 7 heteroatoms. The Morgan fingerprint density at radius 2 is 2.12 bits per heavy atom. The van der Waals surface area contributed by atoms with Crippen molar-refractivity contribution in [3.63, 3.8) is 0 Å². The Hall–Kier alpha value is -0.980. The lowest BCUT2D eigenvalue weighted by Gasteiger charge is -2.14. The van der Waals surface area contributed by atoms with Gasteiger partial charge in [-0.15, -0.1) is 0 Å². The van der Waals surface area contributed by atoms with Crippen LogP contribution in [0.5, 0.6) is 0 Å². The van der Waals surface area contributed by atoms with Crippen LogP contribution in [0.15, 0.2) is 0 Å². The highest BCUT2D eigenvalue weighted by Gasteiger charge is 2.28. The normalized spacial score (nSPS) is 21.5. The molecule has 1 atom stereocenters. The highest BCUT2D eigenvalue weighted by Crippen LogP contribution is 2.14. The standard InChI is InChI=1S/C10H18F3N3O/c1-2-16-4-3-8(6-16)5-14-9(17)15-7-10(11,12)13/h8H,2-7H2,1H3,(H2,14,15,17). The molecule has 0 aromatic carbocycles. The van der Waals surface area contributed by atoms with Gasteiger partial charge in [-0.1, -0.05) is 6.92 Å². The molecule has 1 saturated heterocycles. The highest BCUT2D eigenvalue weighted by atomic mass is 19.4. The van der Waals surface area contributed by atoms with Crippen LogP contribution in [0.25, 0.3) is 0 Å². The predicted molar refractivity (Wildman–Crippen MR) is 57.7 cm³/mol. The van der Waals surface area contributed by atoms with Gasteiger partial charge >= 0.3 is 12.2 Å². The van der Waals surface area contributed by atoms with Gasteiger partial charge in [0.2, 0.25) is 0 Å². The van der Waals surface area contributed by atoms with Gasteiger partial charge in [0.15, 0.2) is 0 Å². The summed E-state index contributed by atoms with van der Waals surface area (Å²) in [6.07, 6.45) is -3.38. The zero-order valence-corrected chi connectivity index (χ0v) is 9.81. The minimum absolute atomic E-state index is 0.339. The van der Waals surface area contributed by atoms with E-state index in [1.807, 2.05) is 0 Å². The number of urea groups is 1. The topological polar surface area (TPSA) is 44.4 Å². The fourth-order valence-corrected chi connectivity index (χ4v) is 1.85. The molecular weight excluding hydrogens is 235 g/mol. The molecule has 0 aromatic rings. The maximum Gasteiger partial charge on any atom is 0.405 e. The average molecular weight is 253 g/mol. The minimum atomic E-state index is -4.36. The maximum absolute atomic E-state index is 11.8. The van der Waals surface area contributed by atoms with Crippen LogP contribution in [0.2, 0.25) is 0 Å². The van der Waals surface area contributed by atoms with Gasteiger partial charge in [-0.3, -0.25) is 0 Å². The Kier molecular flexibility index (Phi) is 5.04. The SMILES string of the molecule is CCN1CCC(CNC(=O)NCC(F)(F)F)C1. The number of nitrogens with zero attached hydrogens (tertiary/aromatic N) is 1. The molecule has 1 aliphatic heterocycles. The summed E-state index contributed by atoms with van der Waals surface area (Å²) in [6.45, 7) is 4.07. The minimum Gasteiger partial charge on any atom is -0.338 e. The number of amides is 2. The van der Waals surface area contributed by atoms with E-state index in [0.29, 0.717) is 12.5 Å². The lowest BCUT2D eigenvalue weighted by molar-refractivity contribution is -0.122. The van der Waals surface area contributed by atoms with Gasteiger partial charge in [0.05, 0.1) is 0 Å². The first-order valence-corrected chi connectivity index (χ1v) is 5.71. The molecule has 1 unspecified atom stereocenters. The molecule has 0 aromatic heterocycles. The van der Waals surface area contributed by atoms with Crippen molar-refractivity contribution in [2.75, 3.05) is 32.7 Å². The van der Waals surface area contributed by atoms with E-state index >= 15 is 0 Å². The Bertz CT molecular complexity index is 258. The number of carbonyl (C=O) groups is 1. The van der Waals surface area contributed by atoms with Gasteiger partial charge in [0.25, 0.3) is 0 Å². The predicted octanol–water partition coefficient (Wildman–Crippen LogP) is 1.19. The van der Waals surface area contributed by atoms with Crippen LogP contribution in [-0.2, 0) is 0 Å². The summed E-state index contributed by atoms with van der Waals surface area (Å²) in [5, 5.41) is 4.25. The molecule has 0 aliphatic carbocycles. The second-order valence-electron chi connectivity index (χ2n) is 4.23. The van der Waals surface area contributed by atoms with Crippen LogP contribution in [0, 0.1) is 5.92 Å². The van der Waals surface area contributed by atoms with Gasteiger partial charge in [-0.25, -0.2) is 4.79 Å². The van der Waals surface area contributed by atoms with Gasteiger partial charge in [-0.2, -0.15) is 13.2 Å². The Morgan fingerprint density at radius 1 is 1.41 bits per heavy atom. The van der Waals surface area contributed by atoms with Crippen molar-refractivity contribution in [2.45, 2.75) is 19.5 Å². The van der Waals surface area contributed by atoms with E-state index < -0.39 is 18.8 Å². The van der Waals surface area contributed by atoms with Crippen LogP contribution in [0.4, 0.5) is 18.0 Å². The smallest absolute Gasteiger partial charge is 0.338 e. The monoisotopic (exact) mass is 253 g/mol. The molecule has 1 rings (SSSR count). The van der Waals surface area contributed by atoms with Crippen molar-refractivity contribution in [1.29, 1.82) is 0 Å². The number of halogens is 3. The molecule has 100 valence electrons. The van der Waals surface area contributed by atoms with Crippen molar-refractivity contribution in [3.8, 4) is 0 Å². The second kappa shape index (κ2) is 6.09. The van der Waals surface area contributed by atoms with Gasteiger partial charge < -0.3 is 15.5 Å². The number of nitrogens with one attached hydrogen (secondary N) is 2. The molecule has 2 amide bonds. The van der Waals surface area contributed by atoms with E-state index in [9.17, 15) is 18.0 Å². The Labute approximate surface area is 98.5 Å². The molecule has 0 spiro atoms. The van der Waals surface area contributed by atoms with E-state index in [-0.39, 0.29) is 0 Å². The molecule has 0 saturated carbocycles. The van der Waals surface area contributed by atoms with Crippen molar-refractivity contribution >= 4 is 6.03 Å². The summed E-state index contributed by atoms with van der Waals surface area (Å²) in [5.41, 5.74) is 0. The quantitative estimate of drug-likeness (QED) is 0.790. The van der Waals surface area contributed by atoms with Crippen LogP contribution >= 0.6 is 0 Å². The van der Waals surface area contributed by atoms with Crippen molar-refractivity contribution in [2.24, 2.45) is 5.92 Å². The lowest BCUT2D eigenvalue weighted by atomic mass is 10.1. The lowest BCUT2D eigenvalue weighted by Crippen LogP contribution is -2.42. The first kappa shape index (κ1) is 14.1. The van der Waals surface area contributed by atoms with E-state index in [1.165, 1.54) is 0 Å². The third-order valence-corrected chi connectivity index (χ3v) is 2.82. The van der Waals surface area contributed by atoms with Gasteiger partial charge in [0.1, 0.15) is 6.54 Å². The molecule has 0 radical (unpaired) electrons. The second-order valence-corrected chi connectivity index (χ2v) is 4.23. The molecule has 1 fully saturated rings. The third kappa shape index (κ3) is 5.76. The third-order valence-electron chi connectivity index (χ3n) is 2.82. The molecule has 4 nitrogen and oxygen atoms in total. The fraction of sp³-hybridized carbons (Fsp3) is 0.900. The summed E-state index contributed by atoms with van der Waals surface area (Å²) in [7, 11) is 0. The Balaban J connectivity index is 2.12. The molecule has 0 bridgehead atoms. The number of hydrogen-bond donors (Lipinski definition) is 2. The van der Waals surface area contributed by atoms with Gasteiger partial charge in [0, 0.05) is 13.1 Å². The number of rotatable bonds is 4. The van der Waals surface area contributed by atoms with Gasteiger partial charge in [-0.05, 0) is 25.4 Å². The molecule has 2 N–H and O–H groups in total. The van der Waals surface area contributed by atoms with Crippen molar-refractivity contribution in [3.05, 3.63) is 0 Å². The van der Waals surface area contributed by atoms with E-state index in [0.717, 1.165) is 26.1 Å². The fourth-order valence-electron chi connectivity index (χ4n) is 1.85. The summed E-state index contributed by atoms with van der Waals surface area (Å²) in [4.78, 5) is 13.3. The molecule has 1 aliphatic rings. The van der Waals surface area contributed by atoms with Crippen molar-refractivity contribution < 1.29 is 18.0 Å². The summed E-state index contributed by atoms with van der Waals surface area (Å²) >= 11 is 0. The van der Waals surface area contributed by atoms with E-state index in [2.05, 4.69) is 17.1 Å². The first-order valence-electron chi connectivity index (χ1n) is 5.71. The van der Waals surface area contributed by atoms with Crippen LogP contribution < -0.4 is 10.6 Å². The average Bonchev–Trinajstić information content (AvgIpc) is 2.70. The maximum atomic E-state index is 11.8. The Morgan fingerprint density at radius 3 is 2.65 bits per heavy atom. The molecule has 17 heavy (non-hydrogen) atoms. The first-order chi connectivity index (χ1) is 7.90. The molecule has 1 heterocycles. The van der Waals surface area contributed by atoms with Crippen LogP contribution in [0.1, 0.15) is 13.3 Å². The van der Waals surface area contributed by atoms with E-state index in [4.69, 9.17) is 0 Å². The molecular formula is C10H18F3N3O.